The molecule has 0 aliphatic carbocycles. The number of nitrogens with zero attached hydrogens (tertiary/aromatic N) is 1. The molecule has 5 rings (SSSR count). The Balaban J connectivity index is 0.00000112. The number of imide groups is 1. The lowest BCUT2D eigenvalue weighted by Gasteiger charge is -2.21. The number of amides is 2. The van der Waals surface area contributed by atoms with Gasteiger partial charge in [-0.25, -0.2) is 4.90 Å². The summed E-state index contributed by atoms with van der Waals surface area (Å²) in [6.07, 6.45) is -4.58. The van der Waals surface area contributed by atoms with E-state index in [1.807, 2.05) is 0 Å². The number of hydrogen-bond acceptors (Lipinski definition) is 6. The maximum atomic E-state index is 13.2. The van der Waals surface area contributed by atoms with Crippen LogP contribution in [0.1, 0.15) is 38.8 Å². The summed E-state index contributed by atoms with van der Waals surface area (Å²) in [7, 11) is 1.31. The van der Waals surface area contributed by atoms with Crippen molar-refractivity contribution in [2.45, 2.75) is 20.0 Å². The van der Waals surface area contributed by atoms with Crippen LogP contribution in [-0.4, -0.2) is 30.5 Å². The van der Waals surface area contributed by atoms with E-state index in [1.54, 1.807) is 26.0 Å². The number of H-pyrrole nitrogens is 1. The number of methoxy groups -OCH3 is 1. The number of nitrogens with one attached hydrogen (secondary N) is 1. The van der Waals surface area contributed by atoms with Crippen molar-refractivity contribution >= 4 is 28.4 Å². The minimum Gasteiger partial charge on any atom is -0.855 e. The lowest BCUT2D eigenvalue weighted by Crippen LogP contribution is -2.30. The molecule has 2 amide bonds. The number of alkyl halides is 3. The molecule has 1 N–H and O–H groups in total. The van der Waals surface area contributed by atoms with Gasteiger partial charge in [-0.3, -0.25) is 14.4 Å². The first-order valence-corrected chi connectivity index (χ1v) is 11.7. The highest BCUT2D eigenvalue weighted by Crippen LogP contribution is 2.46. The molecule has 4 aromatic rings. The Kier molecular flexibility index (Phi) is 7.46. The molecule has 0 unspecified atom stereocenters. The number of fused-ring (bicyclic) bond motifs is 2. The van der Waals surface area contributed by atoms with Gasteiger partial charge in [0, 0.05) is 17.5 Å². The minimum absolute atomic E-state index is 0. The molecule has 0 radical (unpaired) electrons. The summed E-state index contributed by atoms with van der Waals surface area (Å²) in [5.74, 6) is -1.24. The third-order valence-corrected chi connectivity index (χ3v) is 5.85. The van der Waals surface area contributed by atoms with Crippen molar-refractivity contribution in [1.29, 1.82) is 0 Å². The zero-order valence-electron chi connectivity index (χ0n) is 21.0. The molecule has 8 nitrogen and oxygen atoms in total. The summed E-state index contributed by atoms with van der Waals surface area (Å²) in [4.78, 5) is 42.3. The molecule has 2 heterocycles. The number of benzene rings is 3. The Hall–Kier alpha value is -4.64. The van der Waals surface area contributed by atoms with Crippen molar-refractivity contribution in [3.63, 3.8) is 0 Å². The normalized spacial score (nSPS) is 12.7. The Morgan fingerprint density at radius 2 is 1.56 bits per heavy atom. The van der Waals surface area contributed by atoms with Crippen LogP contribution in [0.25, 0.3) is 10.9 Å². The monoisotopic (exact) mass is 539 g/mol. The third kappa shape index (κ3) is 5.08. The van der Waals surface area contributed by atoms with E-state index in [9.17, 15) is 27.6 Å². The first kappa shape index (κ1) is 27.4. The molecule has 3 aromatic carbocycles. The molecule has 0 fully saturated rings. The van der Waals surface area contributed by atoms with Crippen LogP contribution < -0.4 is 25.0 Å². The number of hydrogen-bond donors (Lipinski definition) is 1. The minimum atomic E-state index is -4.58. The molecule has 1 aromatic heterocycles. The summed E-state index contributed by atoms with van der Waals surface area (Å²) in [5, 5.41) is 9.19. The smallest absolute Gasteiger partial charge is 0.416 e. The molecule has 0 spiro atoms. The molecule has 1 aliphatic heterocycles. The summed E-state index contributed by atoms with van der Waals surface area (Å²) in [6.45, 7) is 3.17. The SMILES string of the molecule is CC[O-].COc1cc(N2C(=O)c3ccccc3C2=O)c2[nH]c(=O)cc(C)c2c1Oc1cccc(C(F)(F)F)c1. The fourth-order valence-corrected chi connectivity index (χ4v) is 4.25. The van der Waals surface area contributed by atoms with Crippen molar-refractivity contribution < 1.29 is 37.3 Å². The fraction of sp³-hybridized carbons (Fsp3) is 0.179. The van der Waals surface area contributed by atoms with Gasteiger partial charge in [-0.15, -0.1) is 6.61 Å². The number of aryl methyl sites for hydroxylation is 1. The number of aromatic nitrogens is 1. The molecule has 0 bridgehead atoms. The van der Waals surface area contributed by atoms with Gasteiger partial charge in [0.1, 0.15) is 5.75 Å². The van der Waals surface area contributed by atoms with Crippen LogP contribution in [0.4, 0.5) is 18.9 Å². The predicted molar refractivity (Wildman–Crippen MR) is 135 cm³/mol. The van der Waals surface area contributed by atoms with E-state index in [1.165, 1.54) is 43.5 Å². The molecule has 0 saturated carbocycles. The maximum absolute atomic E-state index is 13.2. The molecule has 11 heteroatoms. The van der Waals surface area contributed by atoms with Gasteiger partial charge < -0.3 is 19.6 Å². The van der Waals surface area contributed by atoms with Gasteiger partial charge in [-0.1, -0.05) is 25.1 Å². The van der Waals surface area contributed by atoms with E-state index >= 15 is 0 Å². The first-order valence-electron chi connectivity index (χ1n) is 11.7. The van der Waals surface area contributed by atoms with Gasteiger partial charge in [-0.05, 0) is 42.8 Å². The number of pyridine rings is 1. The lowest BCUT2D eigenvalue weighted by molar-refractivity contribution is -0.361. The zero-order chi connectivity index (χ0) is 28.5. The number of carbonyl (C=O) groups is 2. The number of anilines is 1. The summed E-state index contributed by atoms with van der Waals surface area (Å²) >= 11 is 0. The van der Waals surface area contributed by atoms with Crippen molar-refractivity contribution in [3.8, 4) is 17.2 Å². The van der Waals surface area contributed by atoms with Gasteiger partial charge in [-0.2, -0.15) is 13.2 Å². The van der Waals surface area contributed by atoms with Crippen molar-refractivity contribution in [1.82, 2.24) is 4.98 Å². The van der Waals surface area contributed by atoms with E-state index in [-0.39, 0.29) is 51.6 Å². The first-order chi connectivity index (χ1) is 18.5. The van der Waals surface area contributed by atoms with E-state index in [4.69, 9.17) is 14.6 Å². The maximum Gasteiger partial charge on any atom is 0.416 e. The number of halogens is 3. The number of aromatic amines is 1. The van der Waals surface area contributed by atoms with Gasteiger partial charge >= 0.3 is 6.18 Å². The van der Waals surface area contributed by atoms with E-state index in [2.05, 4.69) is 4.98 Å². The van der Waals surface area contributed by atoms with Gasteiger partial charge in [0.15, 0.2) is 11.5 Å². The van der Waals surface area contributed by atoms with Crippen LogP contribution in [0.15, 0.2) is 65.5 Å². The topological polar surface area (TPSA) is 112 Å². The van der Waals surface area contributed by atoms with Crippen LogP contribution >= 0.6 is 0 Å². The number of carbonyl (C=O) groups excluding carboxylic acids is 2. The molecular weight excluding hydrogens is 517 g/mol. The van der Waals surface area contributed by atoms with Crippen LogP contribution in [0.3, 0.4) is 0 Å². The fourth-order valence-electron chi connectivity index (χ4n) is 4.25. The average molecular weight is 539 g/mol. The Labute approximate surface area is 220 Å². The second kappa shape index (κ2) is 10.6. The molecule has 202 valence electrons. The highest BCUT2D eigenvalue weighted by molar-refractivity contribution is 6.36. The summed E-state index contributed by atoms with van der Waals surface area (Å²) < 4.78 is 51.0. The van der Waals surface area contributed by atoms with Crippen molar-refractivity contribution in [2.75, 3.05) is 18.6 Å². The molecule has 39 heavy (non-hydrogen) atoms. The zero-order valence-corrected chi connectivity index (χ0v) is 21.0. The van der Waals surface area contributed by atoms with Gasteiger partial charge in [0.25, 0.3) is 11.8 Å². The van der Waals surface area contributed by atoms with Crippen LogP contribution in [0, 0.1) is 6.92 Å². The summed E-state index contributed by atoms with van der Waals surface area (Å²) in [6, 6.07) is 13.2. The largest absolute Gasteiger partial charge is 0.855 e. The summed E-state index contributed by atoms with van der Waals surface area (Å²) in [5.41, 5.74) is -0.470. The molecular formula is C28H22F3N2O6-. The van der Waals surface area contributed by atoms with Crippen LogP contribution in [0.5, 0.6) is 17.2 Å². The second-order valence-corrected chi connectivity index (χ2v) is 8.40. The lowest BCUT2D eigenvalue weighted by atomic mass is 10.1. The van der Waals surface area contributed by atoms with Crippen molar-refractivity contribution in [3.05, 3.63) is 93.3 Å². The Bertz CT molecular complexity index is 1610. The molecule has 0 saturated heterocycles. The van der Waals surface area contributed by atoms with Gasteiger partial charge in [0.05, 0.1) is 35.0 Å². The quantitative estimate of drug-likeness (QED) is 0.372. The molecule has 0 atom stereocenters. The Morgan fingerprint density at radius 3 is 2.13 bits per heavy atom. The second-order valence-electron chi connectivity index (χ2n) is 8.40. The Morgan fingerprint density at radius 1 is 0.949 bits per heavy atom. The highest BCUT2D eigenvalue weighted by atomic mass is 19.4. The van der Waals surface area contributed by atoms with Crippen LogP contribution in [0.2, 0.25) is 0 Å². The van der Waals surface area contributed by atoms with Crippen molar-refractivity contribution in [2.24, 2.45) is 0 Å². The standard InChI is InChI=1S/C26H17F3N2O5.C2H5O/c1-13-10-20(32)30-22-18(31-24(33)16-8-3-4-9-17(16)25(31)34)12-19(35-2)23(21(13)22)36-15-7-5-6-14(11-15)26(27,28)29;1-2-3/h3-12H,1-2H3,(H,30,32);2H2,1H3/q;-1. The number of rotatable bonds is 4. The van der Waals surface area contributed by atoms with E-state index < -0.39 is 29.1 Å². The molecule has 1 aliphatic rings. The third-order valence-electron chi connectivity index (χ3n) is 5.85. The highest BCUT2D eigenvalue weighted by Gasteiger charge is 2.38. The van der Waals surface area contributed by atoms with Gasteiger partial charge in [0.2, 0.25) is 5.56 Å². The van der Waals surface area contributed by atoms with E-state index in [0.29, 0.717) is 5.56 Å². The predicted octanol–water partition coefficient (Wildman–Crippen LogP) is 4.82. The van der Waals surface area contributed by atoms with Crippen LogP contribution in [-0.2, 0) is 6.18 Å². The average Bonchev–Trinajstić information content (AvgIpc) is 3.14. The van der Waals surface area contributed by atoms with E-state index in [0.717, 1.165) is 17.0 Å². The number of ether oxygens (including phenoxy) is 2.